The number of rotatable bonds is 4. The second kappa shape index (κ2) is 7.81. The van der Waals surface area contributed by atoms with E-state index in [9.17, 15) is 4.79 Å². The molecule has 27 heavy (non-hydrogen) atoms. The normalized spacial score (nSPS) is 22.9. The van der Waals surface area contributed by atoms with Gasteiger partial charge in [-0.15, -0.1) is 0 Å². The standard InChI is InChI=1S/C23H29N3O/c1-2-26-18-23(16-21(22(26)27)20-6-4-3-5-7-20)10-14-25(15-11-23)17-19-8-12-24-13-9-19/h3-9,12-13,21H,2,10-11,14-18H2,1H3/t21-/m0/s1. The number of piperidine rings is 2. The van der Waals surface area contributed by atoms with Gasteiger partial charge in [-0.05, 0) is 68.0 Å². The van der Waals surface area contributed by atoms with E-state index in [1.54, 1.807) is 0 Å². The summed E-state index contributed by atoms with van der Waals surface area (Å²) in [6.07, 6.45) is 7.08. The van der Waals surface area contributed by atoms with Crippen LogP contribution in [-0.2, 0) is 11.3 Å². The van der Waals surface area contributed by atoms with Crippen molar-refractivity contribution in [2.45, 2.75) is 38.6 Å². The Bertz CT molecular complexity index is 754. The van der Waals surface area contributed by atoms with Gasteiger partial charge in [-0.2, -0.15) is 0 Å². The molecule has 3 heterocycles. The number of nitrogens with zero attached hydrogens (tertiary/aromatic N) is 3. The quantitative estimate of drug-likeness (QED) is 0.831. The highest BCUT2D eigenvalue weighted by molar-refractivity contribution is 5.84. The van der Waals surface area contributed by atoms with Gasteiger partial charge in [0.25, 0.3) is 0 Å². The van der Waals surface area contributed by atoms with Crippen molar-refractivity contribution < 1.29 is 4.79 Å². The van der Waals surface area contributed by atoms with Crippen molar-refractivity contribution in [1.82, 2.24) is 14.8 Å². The van der Waals surface area contributed by atoms with Gasteiger partial charge in [0.05, 0.1) is 5.92 Å². The molecule has 2 aliphatic heterocycles. The van der Waals surface area contributed by atoms with Gasteiger partial charge in [0.15, 0.2) is 0 Å². The molecule has 4 rings (SSSR count). The van der Waals surface area contributed by atoms with Crippen molar-refractivity contribution in [3.63, 3.8) is 0 Å². The summed E-state index contributed by atoms with van der Waals surface area (Å²) in [6.45, 7) is 7.05. The molecule has 0 aliphatic carbocycles. The van der Waals surface area contributed by atoms with Crippen molar-refractivity contribution in [3.05, 3.63) is 66.0 Å². The number of carbonyl (C=O) groups is 1. The van der Waals surface area contributed by atoms with E-state index in [2.05, 4.69) is 58.1 Å². The number of aromatic nitrogens is 1. The number of likely N-dealkylation sites (N-methyl/N-ethyl adjacent to an activating group) is 1. The van der Waals surface area contributed by atoms with Crippen molar-refractivity contribution in [2.75, 3.05) is 26.2 Å². The number of benzene rings is 1. The van der Waals surface area contributed by atoms with Gasteiger partial charge in [-0.3, -0.25) is 14.7 Å². The first-order valence-corrected chi connectivity index (χ1v) is 10.1. The lowest BCUT2D eigenvalue weighted by Crippen LogP contribution is -2.53. The van der Waals surface area contributed by atoms with Crippen LogP contribution in [0.5, 0.6) is 0 Å². The first kappa shape index (κ1) is 18.2. The summed E-state index contributed by atoms with van der Waals surface area (Å²) in [5, 5.41) is 0. The smallest absolute Gasteiger partial charge is 0.230 e. The highest BCUT2D eigenvalue weighted by atomic mass is 16.2. The van der Waals surface area contributed by atoms with Crippen LogP contribution in [0.25, 0.3) is 0 Å². The minimum Gasteiger partial charge on any atom is -0.342 e. The Balaban J connectivity index is 1.47. The zero-order valence-electron chi connectivity index (χ0n) is 16.2. The van der Waals surface area contributed by atoms with Crippen molar-refractivity contribution in [3.8, 4) is 0 Å². The Morgan fingerprint density at radius 2 is 1.78 bits per heavy atom. The predicted molar refractivity (Wildman–Crippen MR) is 107 cm³/mol. The van der Waals surface area contributed by atoms with Gasteiger partial charge < -0.3 is 4.90 Å². The van der Waals surface area contributed by atoms with Crippen LogP contribution in [0.1, 0.15) is 43.2 Å². The Kier molecular flexibility index (Phi) is 5.26. The maximum Gasteiger partial charge on any atom is 0.230 e. The minimum absolute atomic E-state index is 0.0200. The van der Waals surface area contributed by atoms with Crippen molar-refractivity contribution in [1.29, 1.82) is 0 Å². The molecule has 2 saturated heterocycles. The second-order valence-electron chi connectivity index (χ2n) is 8.15. The number of hydrogen-bond acceptors (Lipinski definition) is 3. The fraction of sp³-hybridized carbons (Fsp3) is 0.478. The van der Waals surface area contributed by atoms with E-state index in [0.29, 0.717) is 5.91 Å². The van der Waals surface area contributed by atoms with Gasteiger partial charge in [0.2, 0.25) is 5.91 Å². The molecule has 4 nitrogen and oxygen atoms in total. The molecule has 1 aromatic heterocycles. The average Bonchev–Trinajstić information content (AvgIpc) is 2.73. The van der Waals surface area contributed by atoms with Crippen LogP contribution in [0.15, 0.2) is 54.9 Å². The van der Waals surface area contributed by atoms with Crippen LogP contribution in [0.2, 0.25) is 0 Å². The molecule has 0 saturated carbocycles. The van der Waals surface area contributed by atoms with Crippen LogP contribution < -0.4 is 0 Å². The topological polar surface area (TPSA) is 36.4 Å². The zero-order valence-corrected chi connectivity index (χ0v) is 16.2. The number of hydrogen-bond donors (Lipinski definition) is 0. The molecule has 1 spiro atoms. The molecule has 142 valence electrons. The van der Waals surface area contributed by atoms with Gasteiger partial charge >= 0.3 is 0 Å². The van der Waals surface area contributed by atoms with Crippen molar-refractivity contribution >= 4 is 5.91 Å². The average molecular weight is 364 g/mol. The Morgan fingerprint density at radius 1 is 1.07 bits per heavy atom. The van der Waals surface area contributed by atoms with Crippen LogP contribution in [0.4, 0.5) is 0 Å². The third kappa shape index (κ3) is 3.91. The van der Waals surface area contributed by atoms with E-state index in [4.69, 9.17) is 0 Å². The number of amides is 1. The molecule has 2 aromatic rings. The lowest BCUT2D eigenvalue weighted by molar-refractivity contribution is -0.141. The molecular weight excluding hydrogens is 334 g/mol. The molecule has 0 N–H and O–H groups in total. The summed E-state index contributed by atoms with van der Waals surface area (Å²) < 4.78 is 0. The summed E-state index contributed by atoms with van der Waals surface area (Å²) in [6, 6.07) is 14.6. The first-order chi connectivity index (χ1) is 13.2. The molecule has 2 aliphatic rings. The van der Waals surface area contributed by atoms with Gasteiger partial charge in [-0.25, -0.2) is 0 Å². The van der Waals surface area contributed by atoms with Crippen LogP contribution in [0.3, 0.4) is 0 Å². The molecule has 1 amide bonds. The lowest BCUT2D eigenvalue weighted by atomic mass is 9.67. The van der Waals surface area contributed by atoms with E-state index in [1.807, 2.05) is 18.5 Å². The maximum absolute atomic E-state index is 13.0. The van der Waals surface area contributed by atoms with Crippen LogP contribution in [0, 0.1) is 5.41 Å². The minimum atomic E-state index is 0.0200. The Hall–Kier alpha value is -2.20. The molecule has 1 aromatic carbocycles. The van der Waals surface area contributed by atoms with Gasteiger partial charge in [-0.1, -0.05) is 30.3 Å². The number of likely N-dealkylation sites (tertiary alicyclic amines) is 2. The monoisotopic (exact) mass is 363 g/mol. The molecule has 0 radical (unpaired) electrons. The van der Waals surface area contributed by atoms with E-state index in [-0.39, 0.29) is 11.3 Å². The van der Waals surface area contributed by atoms with E-state index in [0.717, 1.165) is 39.1 Å². The summed E-state index contributed by atoms with van der Waals surface area (Å²) in [5.41, 5.74) is 2.77. The SMILES string of the molecule is CCN1CC2(CCN(Cc3ccncc3)CC2)C[C@@H](c2ccccc2)C1=O. The maximum atomic E-state index is 13.0. The second-order valence-corrected chi connectivity index (χ2v) is 8.15. The fourth-order valence-corrected chi connectivity index (χ4v) is 4.80. The molecule has 4 heteroatoms. The highest BCUT2D eigenvalue weighted by Crippen LogP contribution is 2.45. The lowest BCUT2D eigenvalue weighted by Gasteiger charge is -2.50. The van der Waals surface area contributed by atoms with E-state index < -0.39 is 0 Å². The third-order valence-corrected chi connectivity index (χ3v) is 6.43. The molecule has 0 unspecified atom stereocenters. The fourth-order valence-electron chi connectivity index (χ4n) is 4.80. The number of pyridine rings is 1. The summed E-state index contributed by atoms with van der Waals surface area (Å²) >= 11 is 0. The molecular formula is C23H29N3O. The summed E-state index contributed by atoms with van der Waals surface area (Å²) in [7, 11) is 0. The molecule has 1 atom stereocenters. The van der Waals surface area contributed by atoms with E-state index >= 15 is 0 Å². The number of carbonyl (C=O) groups excluding carboxylic acids is 1. The van der Waals surface area contributed by atoms with Gasteiger partial charge in [0.1, 0.15) is 0 Å². The van der Waals surface area contributed by atoms with Crippen molar-refractivity contribution in [2.24, 2.45) is 5.41 Å². The predicted octanol–water partition coefficient (Wildman–Crippen LogP) is 3.70. The largest absolute Gasteiger partial charge is 0.342 e. The Morgan fingerprint density at radius 3 is 2.44 bits per heavy atom. The summed E-state index contributed by atoms with van der Waals surface area (Å²) in [4.78, 5) is 21.8. The third-order valence-electron chi connectivity index (χ3n) is 6.43. The highest BCUT2D eigenvalue weighted by Gasteiger charge is 2.45. The van der Waals surface area contributed by atoms with Gasteiger partial charge in [0, 0.05) is 32.0 Å². The van der Waals surface area contributed by atoms with Crippen LogP contribution in [-0.4, -0.2) is 46.9 Å². The Labute approximate surface area is 162 Å². The molecule has 0 bridgehead atoms. The zero-order chi connectivity index (χ0) is 18.7. The summed E-state index contributed by atoms with van der Waals surface area (Å²) in [5.74, 6) is 0.334. The van der Waals surface area contributed by atoms with Crippen LogP contribution >= 0.6 is 0 Å². The van der Waals surface area contributed by atoms with E-state index in [1.165, 1.54) is 24.0 Å². The first-order valence-electron chi connectivity index (χ1n) is 10.1. The molecule has 2 fully saturated rings.